The van der Waals surface area contributed by atoms with Crippen molar-refractivity contribution in [3.05, 3.63) is 47.5 Å². The van der Waals surface area contributed by atoms with E-state index in [9.17, 15) is 9.18 Å². The van der Waals surface area contributed by atoms with Crippen molar-refractivity contribution in [1.29, 1.82) is 0 Å². The maximum Gasteiger partial charge on any atom is 0.338 e. The molecule has 0 fully saturated rings. The topological polar surface area (TPSA) is 63.1 Å². The molecule has 1 N–H and O–H groups in total. The van der Waals surface area contributed by atoms with Crippen molar-refractivity contribution >= 4 is 5.97 Å². The quantitative estimate of drug-likeness (QED) is 0.862. The Bertz CT molecular complexity index is 567. The fourth-order valence-corrected chi connectivity index (χ4v) is 1.32. The van der Waals surface area contributed by atoms with Crippen molar-refractivity contribution < 1.29 is 14.3 Å². The molecule has 5 heteroatoms. The minimum atomic E-state index is -1.09. The van der Waals surface area contributed by atoms with E-state index in [0.717, 1.165) is 0 Å². The second-order valence-electron chi connectivity index (χ2n) is 3.56. The first-order chi connectivity index (χ1) is 8.08. The monoisotopic (exact) mass is 232 g/mol. The number of halogens is 1. The summed E-state index contributed by atoms with van der Waals surface area (Å²) in [6.45, 7) is 1.66. The molecule has 0 atom stereocenters. The third kappa shape index (κ3) is 2.28. The summed E-state index contributed by atoms with van der Waals surface area (Å²) < 4.78 is 13.3. The van der Waals surface area contributed by atoms with Crippen LogP contribution in [0.3, 0.4) is 0 Å². The van der Waals surface area contributed by atoms with Gasteiger partial charge < -0.3 is 5.11 Å². The lowest BCUT2D eigenvalue weighted by Crippen LogP contribution is -1.99. The van der Waals surface area contributed by atoms with Crippen molar-refractivity contribution in [3.8, 4) is 11.4 Å². The first-order valence-corrected chi connectivity index (χ1v) is 4.90. The van der Waals surface area contributed by atoms with Gasteiger partial charge in [-0.1, -0.05) is 12.1 Å². The van der Waals surface area contributed by atoms with Crippen LogP contribution >= 0.6 is 0 Å². The summed E-state index contributed by atoms with van der Waals surface area (Å²) in [5.74, 6) is -1.13. The van der Waals surface area contributed by atoms with E-state index >= 15 is 0 Å². The number of hydrogen-bond donors (Lipinski definition) is 1. The van der Waals surface area contributed by atoms with Crippen LogP contribution in [0.2, 0.25) is 0 Å². The van der Waals surface area contributed by atoms with Crippen LogP contribution in [0.15, 0.2) is 30.6 Å². The number of rotatable bonds is 2. The average molecular weight is 232 g/mol. The molecule has 0 bridgehead atoms. The number of nitrogens with zero attached hydrogens (tertiary/aromatic N) is 2. The smallest absolute Gasteiger partial charge is 0.338 e. The summed E-state index contributed by atoms with van der Waals surface area (Å²) >= 11 is 0. The normalized spacial score (nSPS) is 10.2. The average Bonchev–Trinajstić information content (AvgIpc) is 2.33. The predicted molar refractivity (Wildman–Crippen MR) is 59.1 cm³/mol. The van der Waals surface area contributed by atoms with Crippen LogP contribution < -0.4 is 0 Å². The minimum Gasteiger partial charge on any atom is -0.478 e. The lowest BCUT2D eigenvalue weighted by atomic mass is 10.1. The highest BCUT2D eigenvalue weighted by Crippen LogP contribution is 2.17. The number of benzene rings is 1. The van der Waals surface area contributed by atoms with Gasteiger partial charge in [0.2, 0.25) is 0 Å². The molecule has 0 saturated heterocycles. The third-order valence-electron chi connectivity index (χ3n) is 2.33. The first kappa shape index (κ1) is 11.2. The molecule has 1 aromatic heterocycles. The fourth-order valence-electron chi connectivity index (χ4n) is 1.32. The zero-order chi connectivity index (χ0) is 12.4. The molecule has 0 aliphatic rings. The summed E-state index contributed by atoms with van der Waals surface area (Å²) in [7, 11) is 0. The number of aromatic nitrogens is 2. The molecule has 2 aromatic rings. The largest absolute Gasteiger partial charge is 0.478 e. The van der Waals surface area contributed by atoms with Gasteiger partial charge in [-0.3, -0.25) is 0 Å². The standard InChI is InChI=1S/C12H9FN2O2/c1-7-2-3-8(4-10(7)13)11-14-5-9(6-15-11)12(16)17/h2-6H,1H3,(H,16,17). The van der Waals surface area contributed by atoms with Gasteiger partial charge in [-0.2, -0.15) is 0 Å². The summed E-state index contributed by atoms with van der Waals surface area (Å²) in [5.41, 5.74) is 1.06. The van der Waals surface area contributed by atoms with Crippen LogP contribution in [0.5, 0.6) is 0 Å². The summed E-state index contributed by atoms with van der Waals surface area (Å²) in [6, 6.07) is 4.64. The Balaban J connectivity index is 2.39. The number of carboxylic acids is 1. The lowest BCUT2D eigenvalue weighted by molar-refractivity contribution is 0.0696. The van der Waals surface area contributed by atoms with Gasteiger partial charge in [-0.15, -0.1) is 0 Å². The Morgan fingerprint density at radius 2 is 1.94 bits per heavy atom. The van der Waals surface area contributed by atoms with Gasteiger partial charge in [0.05, 0.1) is 5.56 Å². The van der Waals surface area contributed by atoms with Gasteiger partial charge in [-0.25, -0.2) is 19.2 Å². The minimum absolute atomic E-state index is 0.00123. The van der Waals surface area contributed by atoms with E-state index < -0.39 is 5.97 Å². The maximum absolute atomic E-state index is 13.3. The van der Waals surface area contributed by atoms with Crippen molar-refractivity contribution in [2.24, 2.45) is 0 Å². The van der Waals surface area contributed by atoms with Gasteiger partial charge in [0.1, 0.15) is 5.82 Å². The molecule has 0 aliphatic carbocycles. The number of aryl methyl sites for hydroxylation is 1. The van der Waals surface area contributed by atoms with Crippen LogP contribution in [-0.2, 0) is 0 Å². The molecule has 1 heterocycles. The molecule has 0 unspecified atom stereocenters. The van der Waals surface area contributed by atoms with Crippen LogP contribution in [0.25, 0.3) is 11.4 Å². The van der Waals surface area contributed by atoms with Crippen molar-refractivity contribution in [3.63, 3.8) is 0 Å². The first-order valence-electron chi connectivity index (χ1n) is 4.90. The van der Waals surface area contributed by atoms with E-state index in [1.807, 2.05) is 0 Å². The SMILES string of the molecule is Cc1ccc(-c2ncc(C(=O)O)cn2)cc1F. The summed E-state index contributed by atoms with van der Waals surface area (Å²) in [4.78, 5) is 18.4. The lowest BCUT2D eigenvalue weighted by Gasteiger charge is -2.02. The highest BCUT2D eigenvalue weighted by molar-refractivity contribution is 5.86. The summed E-state index contributed by atoms with van der Waals surface area (Å²) in [6.07, 6.45) is 2.39. The Morgan fingerprint density at radius 1 is 1.29 bits per heavy atom. The van der Waals surface area contributed by atoms with Gasteiger partial charge >= 0.3 is 5.97 Å². The van der Waals surface area contributed by atoms with Gasteiger partial charge in [0, 0.05) is 18.0 Å². The third-order valence-corrected chi connectivity index (χ3v) is 2.33. The Labute approximate surface area is 96.8 Å². The van der Waals surface area contributed by atoms with Gasteiger partial charge in [-0.05, 0) is 18.6 Å². The molecule has 17 heavy (non-hydrogen) atoms. The van der Waals surface area contributed by atoms with Crippen LogP contribution in [-0.4, -0.2) is 21.0 Å². The zero-order valence-corrected chi connectivity index (χ0v) is 9.01. The number of hydrogen-bond acceptors (Lipinski definition) is 3. The van der Waals surface area contributed by atoms with E-state index in [1.165, 1.54) is 18.5 Å². The number of carboxylic acid groups (broad SMARTS) is 1. The molecule has 0 amide bonds. The molecule has 0 saturated carbocycles. The van der Waals surface area contributed by atoms with Crippen LogP contribution in [0.4, 0.5) is 4.39 Å². The predicted octanol–water partition coefficient (Wildman–Crippen LogP) is 2.29. The van der Waals surface area contributed by atoms with Crippen molar-refractivity contribution in [2.45, 2.75) is 6.92 Å². The number of aromatic carboxylic acids is 1. The second-order valence-corrected chi connectivity index (χ2v) is 3.56. The van der Waals surface area contributed by atoms with Gasteiger partial charge in [0.25, 0.3) is 0 Å². The van der Waals surface area contributed by atoms with Crippen LogP contribution in [0.1, 0.15) is 15.9 Å². The molecule has 0 radical (unpaired) electrons. The van der Waals surface area contributed by atoms with Gasteiger partial charge in [0.15, 0.2) is 5.82 Å². The Kier molecular flexibility index (Phi) is 2.82. The van der Waals surface area contributed by atoms with Crippen molar-refractivity contribution in [2.75, 3.05) is 0 Å². The van der Waals surface area contributed by atoms with E-state index in [-0.39, 0.29) is 11.4 Å². The maximum atomic E-state index is 13.3. The van der Waals surface area contributed by atoms with E-state index in [1.54, 1.807) is 19.1 Å². The Hall–Kier alpha value is -2.30. The van der Waals surface area contributed by atoms with Crippen molar-refractivity contribution in [1.82, 2.24) is 9.97 Å². The summed E-state index contributed by atoms with van der Waals surface area (Å²) in [5, 5.41) is 8.69. The number of carbonyl (C=O) groups is 1. The molecule has 2 rings (SSSR count). The highest BCUT2D eigenvalue weighted by atomic mass is 19.1. The fraction of sp³-hybridized carbons (Fsp3) is 0.0833. The second kappa shape index (κ2) is 4.29. The van der Waals surface area contributed by atoms with E-state index in [2.05, 4.69) is 9.97 Å². The molecule has 86 valence electrons. The Morgan fingerprint density at radius 3 is 2.47 bits per heavy atom. The van der Waals surface area contributed by atoms with E-state index in [4.69, 9.17) is 5.11 Å². The molecule has 4 nitrogen and oxygen atoms in total. The molecule has 0 aliphatic heterocycles. The zero-order valence-electron chi connectivity index (χ0n) is 9.01. The molecule has 0 spiro atoms. The van der Waals surface area contributed by atoms with Crippen LogP contribution in [0, 0.1) is 12.7 Å². The molecular weight excluding hydrogens is 223 g/mol. The molecule has 1 aromatic carbocycles. The molecular formula is C12H9FN2O2. The van der Waals surface area contributed by atoms with E-state index in [0.29, 0.717) is 17.0 Å². The highest BCUT2D eigenvalue weighted by Gasteiger charge is 2.07.